The highest BCUT2D eigenvalue weighted by Crippen LogP contribution is 2.45. The minimum Gasteiger partial charge on any atom is -0.497 e. The van der Waals surface area contributed by atoms with Crippen LogP contribution in [0, 0.1) is 0 Å². The van der Waals surface area contributed by atoms with Crippen LogP contribution >= 0.6 is 0 Å². The highest BCUT2D eigenvalue weighted by atomic mass is 16.5. The molecule has 0 spiro atoms. The number of benzene rings is 4. The molecule has 226 valence electrons. The fourth-order valence-electron chi connectivity index (χ4n) is 6.72. The topological polar surface area (TPSA) is 94.7 Å². The van der Waals surface area contributed by atoms with Gasteiger partial charge in [0.2, 0.25) is 0 Å². The lowest BCUT2D eigenvalue weighted by molar-refractivity contribution is -0.120. The van der Waals surface area contributed by atoms with Gasteiger partial charge in [-0.2, -0.15) is 0 Å². The molecule has 7 rings (SSSR count). The molecule has 5 aromatic rings. The Morgan fingerprint density at radius 2 is 1.71 bits per heavy atom. The Bertz CT molecular complexity index is 1920. The Balaban J connectivity index is 1.23. The van der Waals surface area contributed by atoms with E-state index >= 15 is 0 Å². The summed E-state index contributed by atoms with van der Waals surface area (Å²) in [6, 6.07) is 30.7. The van der Waals surface area contributed by atoms with E-state index in [1.165, 1.54) is 10.5 Å². The number of fused-ring (bicyclic) bond motifs is 4. The maximum atomic E-state index is 14.4. The molecule has 2 aliphatic heterocycles. The van der Waals surface area contributed by atoms with Crippen LogP contribution in [-0.2, 0) is 17.6 Å². The zero-order valence-electron chi connectivity index (χ0n) is 25.2. The molecule has 3 atom stereocenters. The number of ether oxygens (including phenoxy) is 1. The molecular formula is C37H34N4O4. The molecule has 2 aliphatic rings. The number of rotatable bonds is 8. The van der Waals surface area contributed by atoms with Crippen LogP contribution in [0.15, 0.2) is 103 Å². The van der Waals surface area contributed by atoms with Crippen molar-refractivity contribution in [3.63, 3.8) is 0 Å². The molecule has 0 saturated carbocycles. The average molecular weight is 599 g/mol. The Labute approximate surface area is 261 Å². The number of hydrogen-bond donors (Lipinski definition) is 2. The normalized spacial score (nSPS) is 18.1. The van der Waals surface area contributed by atoms with Crippen molar-refractivity contribution in [2.75, 3.05) is 12.0 Å². The molecule has 1 aromatic heterocycles. The van der Waals surface area contributed by atoms with Gasteiger partial charge in [-0.15, -0.1) is 0 Å². The van der Waals surface area contributed by atoms with Crippen molar-refractivity contribution in [2.45, 2.75) is 44.3 Å². The molecule has 4 amide bonds. The molecule has 0 radical (unpaired) electrons. The number of H-pyrrole nitrogens is 1. The van der Waals surface area contributed by atoms with E-state index in [1.54, 1.807) is 36.3 Å². The van der Waals surface area contributed by atoms with Crippen molar-refractivity contribution in [3.05, 3.63) is 131 Å². The van der Waals surface area contributed by atoms with Gasteiger partial charge in [0, 0.05) is 29.1 Å². The molecule has 3 heterocycles. The van der Waals surface area contributed by atoms with Crippen LogP contribution in [0.5, 0.6) is 5.75 Å². The Morgan fingerprint density at radius 1 is 0.956 bits per heavy atom. The number of aromatic nitrogens is 1. The molecule has 1 fully saturated rings. The van der Waals surface area contributed by atoms with Crippen LogP contribution in [0.3, 0.4) is 0 Å². The number of carbonyl (C=O) groups excluding carboxylic acids is 3. The second-order valence-electron chi connectivity index (χ2n) is 11.7. The highest BCUT2D eigenvalue weighted by molar-refractivity contribution is 6.24. The Morgan fingerprint density at radius 3 is 2.53 bits per heavy atom. The summed E-state index contributed by atoms with van der Waals surface area (Å²) in [6.07, 6.45) is 1.94. The fourth-order valence-corrected chi connectivity index (χ4v) is 6.72. The third kappa shape index (κ3) is 5.02. The smallest absolute Gasteiger partial charge is 0.332 e. The molecule has 0 aliphatic carbocycles. The lowest BCUT2D eigenvalue weighted by atomic mass is 9.89. The number of aromatic amines is 1. The van der Waals surface area contributed by atoms with Gasteiger partial charge in [0.1, 0.15) is 17.8 Å². The summed E-state index contributed by atoms with van der Waals surface area (Å²) in [4.78, 5) is 48.7. The summed E-state index contributed by atoms with van der Waals surface area (Å²) in [5.74, 6) is -0.0103. The van der Waals surface area contributed by atoms with E-state index in [2.05, 4.69) is 22.4 Å². The summed E-state index contributed by atoms with van der Waals surface area (Å²) in [7, 11) is 1.61. The average Bonchev–Trinajstić information content (AvgIpc) is 3.57. The van der Waals surface area contributed by atoms with Gasteiger partial charge < -0.3 is 15.0 Å². The number of imide groups is 1. The predicted molar refractivity (Wildman–Crippen MR) is 173 cm³/mol. The molecule has 45 heavy (non-hydrogen) atoms. The second kappa shape index (κ2) is 11.6. The lowest BCUT2D eigenvalue weighted by Crippen LogP contribution is -2.44. The third-order valence-corrected chi connectivity index (χ3v) is 8.93. The number of urea groups is 1. The number of nitrogens with zero attached hydrogens (tertiary/aromatic N) is 2. The van der Waals surface area contributed by atoms with Crippen LogP contribution in [0.1, 0.15) is 52.1 Å². The number of methoxy groups -OCH3 is 1. The van der Waals surface area contributed by atoms with Crippen molar-refractivity contribution < 1.29 is 19.1 Å². The number of anilines is 1. The Kier molecular flexibility index (Phi) is 7.33. The van der Waals surface area contributed by atoms with Crippen molar-refractivity contribution in [3.8, 4) is 5.75 Å². The SMILES string of the molecule is COc1cccc([C@H]2c3[nH]c4ccccc4c3C[C@H]3C(=O)N(c4ccccc4C(=O)N[C@H](C)CCc4ccccc4)C(=O)N23)c1. The quantitative estimate of drug-likeness (QED) is 0.202. The fraction of sp³-hybridized carbons (Fsp3) is 0.216. The largest absolute Gasteiger partial charge is 0.497 e. The van der Waals surface area contributed by atoms with E-state index in [9.17, 15) is 14.4 Å². The van der Waals surface area contributed by atoms with E-state index in [0.29, 0.717) is 12.2 Å². The van der Waals surface area contributed by atoms with Crippen LogP contribution in [-0.4, -0.2) is 46.9 Å². The number of aryl methyl sites for hydroxylation is 1. The van der Waals surface area contributed by atoms with Gasteiger partial charge in [-0.05, 0) is 66.8 Å². The first-order valence-electron chi connectivity index (χ1n) is 15.3. The van der Waals surface area contributed by atoms with Gasteiger partial charge in [-0.3, -0.25) is 14.5 Å². The standard InChI is InChI=1S/C37H34N4O4/c1-23(19-20-24-11-4-3-5-12-24)38-35(42)28-16-7-9-18-31(28)41-36(43)32-22-29-27-15-6-8-17-30(27)39-33(29)34(40(32)37(41)44)25-13-10-14-26(21-25)45-2/h3-18,21,23,32,34,39H,19-20,22H2,1-2H3,(H,38,42)/t23-,32+,34+/m1/s1. The second-order valence-corrected chi connectivity index (χ2v) is 11.7. The number of para-hydroxylation sites is 2. The maximum absolute atomic E-state index is 14.4. The molecule has 1 saturated heterocycles. The van der Waals surface area contributed by atoms with Gasteiger partial charge in [0.25, 0.3) is 11.8 Å². The van der Waals surface area contributed by atoms with Gasteiger partial charge in [-0.25, -0.2) is 9.69 Å². The van der Waals surface area contributed by atoms with Crippen LogP contribution in [0.4, 0.5) is 10.5 Å². The van der Waals surface area contributed by atoms with E-state index < -0.39 is 18.1 Å². The van der Waals surface area contributed by atoms with Crippen LogP contribution in [0.25, 0.3) is 10.9 Å². The first-order valence-corrected chi connectivity index (χ1v) is 15.3. The van der Waals surface area contributed by atoms with Gasteiger partial charge >= 0.3 is 6.03 Å². The van der Waals surface area contributed by atoms with Crippen molar-refractivity contribution in [1.82, 2.24) is 15.2 Å². The summed E-state index contributed by atoms with van der Waals surface area (Å²) in [5, 5.41) is 4.11. The highest BCUT2D eigenvalue weighted by Gasteiger charge is 2.53. The number of nitrogens with one attached hydrogen (secondary N) is 2. The summed E-state index contributed by atoms with van der Waals surface area (Å²) in [6.45, 7) is 1.96. The first kappa shape index (κ1) is 28.4. The van der Waals surface area contributed by atoms with E-state index in [-0.39, 0.29) is 29.1 Å². The molecule has 0 unspecified atom stereocenters. The number of carbonyl (C=O) groups is 3. The molecule has 4 aromatic carbocycles. The van der Waals surface area contributed by atoms with Crippen LogP contribution < -0.4 is 15.0 Å². The van der Waals surface area contributed by atoms with Crippen molar-refractivity contribution in [1.29, 1.82) is 0 Å². The molecule has 8 nitrogen and oxygen atoms in total. The lowest BCUT2D eigenvalue weighted by Gasteiger charge is -2.36. The van der Waals surface area contributed by atoms with Crippen LogP contribution in [0.2, 0.25) is 0 Å². The summed E-state index contributed by atoms with van der Waals surface area (Å²) < 4.78 is 5.52. The molecule has 8 heteroatoms. The van der Waals surface area contributed by atoms with Gasteiger partial charge in [0.05, 0.1) is 18.4 Å². The van der Waals surface area contributed by atoms with E-state index in [1.807, 2.05) is 73.7 Å². The zero-order chi connectivity index (χ0) is 31.1. The van der Waals surface area contributed by atoms with E-state index in [0.717, 1.165) is 40.6 Å². The monoisotopic (exact) mass is 598 g/mol. The molecule has 0 bridgehead atoms. The summed E-state index contributed by atoms with van der Waals surface area (Å²) >= 11 is 0. The predicted octanol–water partition coefficient (Wildman–Crippen LogP) is 6.41. The number of amides is 4. The Hall–Kier alpha value is -5.37. The first-order chi connectivity index (χ1) is 21.9. The minimum atomic E-state index is -0.735. The van der Waals surface area contributed by atoms with Gasteiger partial charge in [0.15, 0.2) is 0 Å². The maximum Gasteiger partial charge on any atom is 0.332 e. The van der Waals surface area contributed by atoms with Gasteiger partial charge in [-0.1, -0.05) is 72.8 Å². The third-order valence-electron chi connectivity index (χ3n) is 8.93. The zero-order valence-corrected chi connectivity index (χ0v) is 25.2. The van der Waals surface area contributed by atoms with E-state index in [4.69, 9.17) is 4.74 Å². The number of hydrogen-bond acceptors (Lipinski definition) is 4. The molecular weight excluding hydrogens is 564 g/mol. The summed E-state index contributed by atoms with van der Waals surface area (Å²) in [5.41, 5.74) is 5.44. The van der Waals surface area contributed by atoms with Crippen molar-refractivity contribution in [2.24, 2.45) is 0 Å². The minimum absolute atomic E-state index is 0.113. The molecule has 2 N–H and O–H groups in total. The van der Waals surface area contributed by atoms with Crippen molar-refractivity contribution >= 4 is 34.4 Å².